The minimum Gasteiger partial charge on any atom is -0.507 e. The number of benzene rings is 2. The van der Waals surface area contributed by atoms with E-state index in [-0.39, 0.29) is 23.5 Å². The van der Waals surface area contributed by atoms with Gasteiger partial charge in [-0.05, 0) is 42.0 Å². The van der Waals surface area contributed by atoms with E-state index in [4.69, 9.17) is 13.9 Å². The lowest BCUT2D eigenvalue weighted by Gasteiger charge is -2.22. The molecule has 0 radical (unpaired) electrons. The summed E-state index contributed by atoms with van der Waals surface area (Å²) in [5.74, 6) is 1.11. The molecule has 7 nitrogen and oxygen atoms in total. The standard InChI is InChI=1S/C22H20N2O5/c1-27-19-10-9-14(12-21(19)28-2)17-13-16(15-6-3-4-7-18(15)25)23-24(17)22(26)20-8-5-11-29-20/h3-12,17,25H,13H2,1-2H3/t17-/m0/s1. The van der Waals surface area contributed by atoms with Crippen LogP contribution < -0.4 is 9.47 Å². The van der Waals surface area contributed by atoms with Gasteiger partial charge in [0.25, 0.3) is 0 Å². The first kappa shape index (κ1) is 18.6. The van der Waals surface area contributed by atoms with Crippen molar-refractivity contribution in [2.45, 2.75) is 12.5 Å². The highest BCUT2D eigenvalue weighted by atomic mass is 16.5. The minimum absolute atomic E-state index is 0.115. The van der Waals surface area contributed by atoms with E-state index in [2.05, 4.69) is 5.10 Å². The van der Waals surface area contributed by atoms with Crippen molar-refractivity contribution in [1.29, 1.82) is 0 Å². The van der Waals surface area contributed by atoms with Crippen LogP contribution in [0.15, 0.2) is 70.4 Å². The van der Waals surface area contributed by atoms with Gasteiger partial charge in [-0.1, -0.05) is 18.2 Å². The van der Waals surface area contributed by atoms with Gasteiger partial charge in [-0.2, -0.15) is 5.10 Å². The number of methoxy groups -OCH3 is 2. The van der Waals surface area contributed by atoms with Gasteiger partial charge in [0.2, 0.25) is 0 Å². The predicted octanol–water partition coefficient (Wildman–Crippen LogP) is 3.99. The molecule has 0 spiro atoms. The summed E-state index contributed by atoms with van der Waals surface area (Å²) in [6.45, 7) is 0. The SMILES string of the molecule is COc1ccc([C@@H]2CC(c3ccccc3O)=NN2C(=O)c2ccco2)cc1OC. The van der Waals surface area contributed by atoms with Crippen LogP contribution in [0.5, 0.6) is 17.2 Å². The van der Waals surface area contributed by atoms with Crippen LogP contribution in [0.25, 0.3) is 0 Å². The summed E-state index contributed by atoms with van der Waals surface area (Å²) in [6, 6.07) is 15.3. The van der Waals surface area contributed by atoms with Gasteiger partial charge in [-0.3, -0.25) is 4.79 Å². The molecule has 0 aliphatic carbocycles. The fraction of sp³-hybridized carbons (Fsp3) is 0.182. The van der Waals surface area contributed by atoms with Gasteiger partial charge in [0.1, 0.15) is 5.75 Å². The van der Waals surface area contributed by atoms with E-state index < -0.39 is 0 Å². The van der Waals surface area contributed by atoms with Gasteiger partial charge in [0.05, 0.1) is 32.2 Å². The summed E-state index contributed by atoms with van der Waals surface area (Å²) >= 11 is 0. The van der Waals surface area contributed by atoms with Crippen LogP contribution in [0.1, 0.15) is 34.1 Å². The molecule has 1 atom stereocenters. The number of hydrogen-bond donors (Lipinski definition) is 1. The van der Waals surface area contributed by atoms with Crippen LogP contribution >= 0.6 is 0 Å². The molecular formula is C22H20N2O5. The Morgan fingerprint density at radius 1 is 1.10 bits per heavy atom. The number of aromatic hydroxyl groups is 1. The van der Waals surface area contributed by atoms with Crippen molar-refractivity contribution in [2.75, 3.05) is 14.2 Å². The molecule has 148 valence electrons. The topological polar surface area (TPSA) is 84.5 Å². The molecule has 0 bridgehead atoms. The molecule has 0 saturated heterocycles. The summed E-state index contributed by atoms with van der Waals surface area (Å²) in [5.41, 5.74) is 2.03. The Morgan fingerprint density at radius 3 is 2.59 bits per heavy atom. The Balaban J connectivity index is 1.76. The highest BCUT2D eigenvalue weighted by Crippen LogP contribution is 2.39. The maximum atomic E-state index is 13.0. The number of ether oxygens (including phenoxy) is 2. The Bertz CT molecular complexity index is 1060. The number of hydrazone groups is 1. The van der Waals surface area contributed by atoms with Crippen molar-refractivity contribution in [1.82, 2.24) is 5.01 Å². The van der Waals surface area contributed by atoms with Crippen molar-refractivity contribution in [3.63, 3.8) is 0 Å². The number of carbonyl (C=O) groups is 1. The molecule has 1 amide bonds. The Hall–Kier alpha value is -3.74. The molecule has 1 aliphatic heterocycles. The molecule has 3 aromatic rings. The summed E-state index contributed by atoms with van der Waals surface area (Å²) in [4.78, 5) is 13.0. The summed E-state index contributed by atoms with van der Waals surface area (Å²) in [6.07, 6.45) is 1.88. The number of carbonyl (C=O) groups excluding carboxylic acids is 1. The molecule has 2 heterocycles. The van der Waals surface area contributed by atoms with E-state index in [1.165, 1.54) is 11.3 Å². The predicted molar refractivity (Wildman–Crippen MR) is 106 cm³/mol. The van der Waals surface area contributed by atoms with Gasteiger partial charge >= 0.3 is 5.91 Å². The van der Waals surface area contributed by atoms with Gasteiger partial charge in [-0.15, -0.1) is 0 Å². The zero-order chi connectivity index (χ0) is 20.4. The van der Waals surface area contributed by atoms with Crippen molar-refractivity contribution < 1.29 is 23.8 Å². The van der Waals surface area contributed by atoms with Gasteiger partial charge in [-0.25, -0.2) is 5.01 Å². The molecular weight excluding hydrogens is 372 g/mol. The average molecular weight is 392 g/mol. The quantitative estimate of drug-likeness (QED) is 0.710. The number of nitrogens with zero attached hydrogens (tertiary/aromatic N) is 2. The van der Waals surface area contributed by atoms with E-state index in [1.54, 1.807) is 50.6 Å². The summed E-state index contributed by atoms with van der Waals surface area (Å²) in [7, 11) is 3.13. The lowest BCUT2D eigenvalue weighted by molar-refractivity contribution is 0.0678. The second-order valence-electron chi connectivity index (χ2n) is 6.53. The fourth-order valence-electron chi connectivity index (χ4n) is 3.41. The molecule has 0 unspecified atom stereocenters. The van der Waals surface area contributed by atoms with Crippen molar-refractivity contribution in [3.8, 4) is 17.2 Å². The number of para-hydroxylation sites is 1. The molecule has 1 aliphatic rings. The molecule has 1 N–H and O–H groups in total. The monoisotopic (exact) mass is 392 g/mol. The average Bonchev–Trinajstić information content (AvgIpc) is 3.43. The van der Waals surface area contributed by atoms with Crippen LogP contribution in [-0.2, 0) is 0 Å². The third-order valence-corrected chi connectivity index (χ3v) is 4.86. The Labute approximate surface area is 167 Å². The van der Waals surface area contributed by atoms with E-state index in [0.717, 1.165) is 5.56 Å². The number of rotatable bonds is 5. The normalized spacial score (nSPS) is 15.9. The molecule has 0 saturated carbocycles. The van der Waals surface area contributed by atoms with Crippen LogP contribution in [0, 0.1) is 0 Å². The van der Waals surface area contributed by atoms with Gasteiger partial charge < -0.3 is 19.0 Å². The zero-order valence-corrected chi connectivity index (χ0v) is 16.0. The smallest absolute Gasteiger partial charge is 0.310 e. The summed E-state index contributed by atoms with van der Waals surface area (Å²) in [5, 5.41) is 16.2. The van der Waals surface area contributed by atoms with Crippen LogP contribution in [-0.4, -0.2) is 36.0 Å². The van der Waals surface area contributed by atoms with Crippen molar-refractivity contribution in [2.24, 2.45) is 5.10 Å². The lowest BCUT2D eigenvalue weighted by Crippen LogP contribution is -2.26. The van der Waals surface area contributed by atoms with Crippen molar-refractivity contribution in [3.05, 3.63) is 77.7 Å². The van der Waals surface area contributed by atoms with Gasteiger partial charge in [0, 0.05) is 12.0 Å². The molecule has 0 fully saturated rings. The second kappa shape index (κ2) is 7.71. The lowest BCUT2D eigenvalue weighted by atomic mass is 9.97. The zero-order valence-electron chi connectivity index (χ0n) is 16.0. The maximum absolute atomic E-state index is 13.0. The second-order valence-corrected chi connectivity index (χ2v) is 6.53. The first-order valence-corrected chi connectivity index (χ1v) is 9.07. The fourth-order valence-corrected chi connectivity index (χ4v) is 3.41. The van der Waals surface area contributed by atoms with E-state index in [1.807, 2.05) is 18.2 Å². The third-order valence-electron chi connectivity index (χ3n) is 4.86. The first-order valence-electron chi connectivity index (χ1n) is 9.07. The van der Waals surface area contributed by atoms with Crippen molar-refractivity contribution >= 4 is 11.6 Å². The third kappa shape index (κ3) is 3.42. The molecule has 1 aromatic heterocycles. The highest BCUT2D eigenvalue weighted by Gasteiger charge is 2.35. The first-order chi connectivity index (χ1) is 14.1. The number of hydrogen-bond acceptors (Lipinski definition) is 6. The Kier molecular flexibility index (Phi) is 4.95. The van der Waals surface area contributed by atoms with Crippen LogP contribution in [0.2, 0.25) is 0 Å². The maximum Gasteiger partial charge on any atom is 0.310 e. The highest BCUT2D eigenvalue weighted by molar-refractivity contribution is 6.06. The van der Waals surface area contributed by atoms with Crippen LogP contribution in [0.4, 0.5) is 0 Å². The Morgan fingerprint density at radius 2 is 1.90 bits per heavy atom. The van der Waals surface area contributed by atoms with E-state index in [9.17, 15) is 9.90 Å². The number of phenols is 1. The molecule has 7 heteroatoms. The van der Waals surface area contributed by atoms with Gasteiger partial charge in [0.15, 0.2) is 17.3 Å². The molecule has 4 rings (SSSR count). The minimum atomic E-state index is -0.387. The number of furan rings is 1. The molecule has 29 heavy (non-hydrogen) atoms. The number of phenolic OH excluding ortho intramolecular Hbond substituents is 1. The van der Waals surface area contributed by atoms with E-state index in [0.29, 0.717) is 29.2 Å². The van der Waals surface area contributed by atoms with E-state index >= 15 is 0 Å². The largest absolute Gasteiger partial charge is 0.507 e. The molecule has 2 aromatic carbocycles. The summed E-state index contributed by atoms with van der Waals surface area (Å²) < 4.78 is 16.0. The van der Waals surface area contributed by atoms with Crippen LogP contribution in [0.3, 0.4) is 0 Å². The number of amides is 1.